The molecule has 0 bridgehead atoms. The highest BCUT2D eigenvalue weighted by Gasteiger charge is 2.22. The van der Waals surface area contributed by atoms with E-state index in [1.165, 1.54) is 23.2 Å². The summed E-state index contributed by atoms with van der Waals surface area (Å²) in [4.78, 5) is 45.5. The lowest BCUT2D eigenvalue weighted by molar-refractivity contribution is 0.330. The van der Waals surface area contributed by atoms with Crippen LogP contribution in [-0.4, -0.2) is 86.9 Å². The molecule has 0 saturated heterocycles. The maximum Gasteiger partial charge on any atom is 0.336 e. The molecule has 11 heteroatoms. The zero-order chi connectivity index (χ0) is 28.3. The number of nitrogens with two attached hydrogens (primary N) is 1. The summed E-state index contributed by atoms with van der Waals surface area (Å²) in [6.45, 7) is 3.77. The molecule has 2 aromatic heterocycles. The molecular formula is C28H38N6O5. The number of hydrogen-bond donors (Lipinski definition) is 2. The highest BCUT2D eigenvalue weighted by molar-refractivity contribution is 6.07. The summed E-state index contributed by atoms with van der Waals surface area (Å²) in [5.74, 6) is 0.760. The van der Waals surface area contributed by atoms with Gasteiger partial charge in [-0.2, -0.15) is 0 Å². The average Bonchev–Trinajstić information content (AvgIpc) is 2.92. The van der Waals surface area contributed by atoms with Gasteiger partial charge in [-0.25, -0.2) is 4.79 Å². The van der Waals surface area contributed by atoms with E-state index >= 15 is 0 Å². The van der Waals surface area contributed by atoms with E-state index in [-0.39, 0.29) is 12.0 Å². The van der Waals surface area contributed by atoms with Crippen LogP contribution in [0, 0.1) is 0 Å². The number of nitrogens with one attached hydrogen (secondary N) is 1. The van der Waals surface area contributed by atoms with Crippen LogP contribution in [0.25, 0.3) is 27.2 Å². The van der Waals surface area contributed by atoms with Crippen LogP contribution in [0.5, 0.6) is 11.5 Å². The van der Waals surface area contributed by atoms with Gasteiger partial charge in [0.15, 0.2) is 16.9 Å². The smallest absolute Gasteiger partial charge is 0.336 e. The topological polar surface area (TPSA) is 124 Å². The fourth-order valence-electron chi connectivity index (χ4n) is 4.96. The second-order valence-corrected chi connectivity index (χ2v) is 10.0. The summed E-state index contributed by atoms with van der Waals surface area (Å²) in [6, 6.07) is 6.66. The van der Waals surface area contributed by atoms with E-state index < -0.39 is 11.2 Å². The molecule has 0 aliphatic carbocycles. The number of aromatic nitrogens is 2. The van der Waals surface area contributed by atoms with Crippen LogP contribution in [0.4, 0.5) is 5.69 Å². The fraction of sp³-hybridized carbons (Fsp3) is 0.464. The normalized spacial score (nSPS) is 11.9. The van der Waals surface area contributed by atoms with E-state index in [4.69, 9.17) is 15.2 Å². The molecular weight excluding hydrogens is 500 g/mol. The Morgan fingerprint density at radius 3 is 2.28 bits per heavy atom. The Morgan fingerprint density at radius 2 is 1.62 bits per heavy atom. The molecule has 3 N–H and O–H groups in total. The van der Waals surface area contributed by atoms with Crippen molar-refractivity contribution in [3.05, 3.63) is 55.3 Å². The number of anilines is 1. The van der Waals surface area contributed by atoms with Gasteiger partial charge in [0, 0.05) is 31.4 Å². The van der Waals surface area contributed by atoms with Crippen molar-refractivity contribution in [2.45, 2.75) is 19.4 Å². The van der Waals surface area contributed by atoms with Gasteiger partial charge in [0.25, 0.3) is 5.56 Å². The van der Waals surface area contributed by atoms with Crippen molar-refractivity contribution >= 4 is 32.9 Å². The van der Waals surface area contributed by atoms with Crippen molar-refractivity contribution < 1.29 is 9.47 Å². The number of likely N-dealkylation sites (N-methyl/N-ethyl adjacent to an activating group) is 1. The molecule has 4 aromatic rings. The summed E-state index contributed by atoms with van der Waals surface area (Å²) in [5, 5.41) is 4.29. The Morgan fingerprint density at radius 1 is 0.923 bits per heavy atom. The van der Waals surface area contributed by atoms with E-state index in [1.54, 1.807) is 24.3 Å². The summed E-state index contributed by atoms with van der Waals surface area (Å²) in [6.07, 6.45) is 1.78. The molecule has 0 atom stereocenters. The largest absolute Gasteiger partial charge is 0.493 e. The first kappa shape index (κ1) is 28.3. The monoisotopic (exact) mass is 538 g/mol. The molecule has 4 rings (SSSR count). The molecule has 11 nitrogen and oxygen atoms in total. The minimum atomic E-state index is -0.504. The van der Waals surface area contributed by atoms with Crippen LogP contribution in [-0.2, 0) is 6.54 Å². The molecule has 0 amide bonds. The lowest BCUT2D eigenvalue weighted by atomic mass is 10.0. The van der Waals surface area contributed by atoms with Gasteiger partial charge in [0.05, 0.1) is 41.4 Å². The SMILES string of the molecule is COc1cc2c(=O)c3c(NCCCN(C)CCCN)ccc4c(=O)n(CCN(C)C)c(=O)n(c2cc1OC)c43. The van der Waals surface area contributed by atoms with Gasteiger partial charge in [-0.3, -0.25) is 18.6 Å². The molecule has 39 heavy (non-hydrogen) atoms. The average molecular weight is 539 g/mol. The standard InChI is InChI=1S/C28H38N6O5/c1-31(2)14-15-33-27(36)18-8-9-20(30-11-7-13-32(3)12-6-10-29)24-25(18)34(28(33)37)21-17-23(39-5)22(38-4)16-19(21)26(24)35/h8-9,16-17,30H,6-7,10-15,29H2,1-5H3. The third-order valence-corrected chi connectivity index (χ3v) is 7.06. The number of pyridine rings is 1. The highest BCUT2D eigenvalue weighted by Crippen LogP contribution is 2.33. The highest BCUT2D eigenvalue weighted by atomic mass is 16.5. The third kappa shape index (κ3) is 5.42. The van der Waals surface area contributed by atoms with Crippen molar-refractivity contribution in [3.63, 3.8) is 0 Å². The Bertz CT molecular complexity index is 1640. The molecule has 0 fully saturated rings. The van der Waals surface area contributed by atoms with Gasteiger partial charge in [-0.15, -0.1) is 0 Å². The molecule has 0 unspecified atom stereocenters. The number of fused-ring (bicyclic) bond motifs is 2. The van der Waals surface area contributed by atoms with Crippen molar-refractivity contribution in [2.75, 3.05) is 73.4 Å². The summed E-state index contributed by atoms with van der Waals surface area (Å²) < 4.78 is 13.6. The van der Waals surface area contributed by atoms with Crippen molar-refractivity contribution in [1.82, 2.24) is 18.8 Å². The van der Waals surface area contributed by atoms with E-state index in [0.717, 1.165) is 25.9 Å². The summed E-state index contributed by atoms with van der Waals surface area (Å²) in [7, 11) is 8.80. The minimum absolute atomic E-state index is 0.212. The minimum Gasteiger partial charge on any atom is -0.493 e. The van der Waals surface area contributed by atoms with Crippen LogP contribution < -0.4 is 37.2 Å². The zero-order valence-electron chi connectivity index (χ0n) is 23.4. The first-order valence-corrected chi connectivity index (χ1v) is 13.1. The van der Waals surface area contributed by atoms with Gasteiger partial charge in [0.1, 0.15) is 0 Å². The molecule has 0 saturated carbocycles. The fourth-order valence-corrected chi connectivity index (χ4v) is 4.96. The number of rotatable bonds is 13. The second kappa shape index (κ2) is 12.0. The number of hydrogen-bond acceptors (Lipinski definition) is 9. The lowest BCUT2D eigenvalue weighted by Gasteiger charge is -2.19. The maximum absolute atomic E-state index is 14.0. The maximum atomic E-state index is 14.0. The third-order valence-electron chi connectivity index (χ3n) is 7.06. The Labute approximate surface area is 226 Å². The zero-order valence-corrected chi connectivity index (χ0v) is 23.4. The molecule has 0 aliphatic rings. The number of benzene rings is 2. The van der Waals surface area contributed by atoms with E-state index in [2.05, 4.69) is 17.3 Å². The number of ether oxygens (including phenoxy) is 2. The van der Waals surface area contributed by atoms with Gasteiger partial charge in [-0.1, -0.05) is 0 Å². The van der Waals surface area contributed by atoms with E-state index in [0.29, 0.717) is 64.0 Å². The first-order valence-electron chi connectivity index (χ1n) is 13.1. The number of nitrogens with zero attached hydrogens (tertiary/aromatic N) is 4. The predicted molar refractivity (Wildman–Crippen MR) is 156 cm³/mol. The van der Waals surface area contributed by atoms with Crippen molar-refractivity contribution in [1.29, 1.82) is 0 Å². The summed E-state index contributed by atoms with van der Waals surface area (Å²) in [5.41, 5.74) is 5.64. The molecule has 0 spiro atoms. The van der Waals surface area contributed by atoms with Crippen LogP contribution in [0.1, 0.15) is 12.8 Å². The quantitative estimate of drug-likeness (QED) is 0.147. The summed E-state index contributed by atoms with van der Waals surface area (Å²) >= 11 is 0. The van der Waals surface area contributed by atoms with Crippen molar-refractivity contribution in [3.8, 4) is 11.5 Å². The van der Waals surface area contributed by atoms with Crippen LogP contribution in [0.3, 0.4) is 0 Å². The van der Waals surface area contributed by atoms with Gasteiger partial charge >= 0.3 is 5.69 Å². The Balaban J connectivity index is 1.94. The molecule has 2 heterocycles. The second-order valence-electron chi connectivity index (χ2n) is 10.0. The van der Waals surface area contributed by atoms with Crippen LogP contribution >= 0.6 is 0 Å². The molecule has 210 valence electrons. The van der Waals surface area contributed by atoms with Crippen LogP contribution in [0.15, 0.2) is 38.6 Å². The van der Waals surface area contributed by atoms with Crippen molar-refractivity contribution in [2.24, 2.45) is 5.73 Å². The molecule has 0 radical (unpaired) electrons. The van der Waals surface area contributed by atoms with Crippen LogP contribution in [0.2, 0.25) is 0 Å². The predicted octanol–water partition coefficient (Wildman–Crippen LogP) is 1.23. The van der Waals surface area contributed by atoms with Gasteiger partial charge in [-0.05, 0) is 71.8 Å². The Kier molecular flexibility index (Phi) is 8.73. The molecule has 2 aromatic carbocycles. The van der Waals surface area contributed by atoms with E-state index in [9.17, 15) is 14.4 Å². The van der Waals surface area contributed by atoms with Gasteiger partial charge < -0.3 is 30.3 Å². The number of methoxy groups -OCH3 is 2. The molecule has 0 aliphatic heterocycles. The first-order chi connectivity index (χ1) is 18.7. The lowest BCUT2D eigenvalue weighted by Crippen LogP contribution is -2.40. The van der Waals surface area contributed by atoms with E-state index in [1.807, 2.05) is 19.0 Å². The van der Waals surface area contributed by atoms with Gasteiger partial charge in [0.2, 0.25) is 0 Å². The Hall–Kier alpha value is -3.67.